The molecule has 8 heteroatoms. The Labute approximate surface area is 189 Å². The van der Waals surface area contributed by atoms with E-state index in [1.807, 2.05) is 24.4 Å². The van der Waals surface area contributed by atoms with E-state index in [4.69, 9.17) is 24.2 Å². The first-order chi connectivity index (χ1) is 15.7. The van der Waals surface area contributed by atoms with Gasteiger partial charge in [-0.2, -0.15) is 5.26 Å². The normalized spacial score (nSPS) is 13.5. The Morgan fingerprint density at radius 1 is 1.09 bits per heavy atom. The smallest absolute Gasteiger partial charge is 0.204 e. The Kier molecular flexibility index (Phi) is 8.72. The Morgan fingerprint density at radius 2 is 1.81 bits per heavy atom. The highest BCUT2D eigenvalue weighted by molar-refractivity contribution is 5.81. The number of rotatable bonds is 10. The third-order valence-corrected chi connectivity index (χ3v) is 5.34. The van der Waals surface area contributed by atoms with Crippen molar-refractivity contribution in [3.05, 3.63) is 59.2 Å². The molecule has 0 amide bonds. The maximum absolute atomic E-state index is 8.95. The van der Waals surface area contributed by atoms with Crippen molar-refractivity contribution in [1.82, 2.24) is 10.6 Å². The summed E-state index contributed by atoms with van der Waals surface area (Å²) in [6.07, 6.45) is 4.04. The van der Waals surface area contributed by atoms with Crippen LogP contribution in [0.3, 0.4) is 0 Å². The molecule has 0 spiro atoms. The van der Waals surface area contributed by atoms with E-state index in [-0.39, 0.29) is 12.6 Å². The Hall–Kier alpha value is -3.28. The quantitative estimate of drug-likeness (QED) is 0.193. The van der Waals surface area contributed by atoms with Crippen LogP contribution in [-0.4, -0.2) is 52.8 Å². The number of nitrogens with zero attached hydrogens (tertiary/aromatic N) is 2. The lowest BCUT2D eigenvalue weighted by molar-refractivity contribution is -0.0937. The molecule has 170 valence electrons. The Balaban J connectivity index is 1.59. The van der Waals surface area contributed by atoms with Crippen LogP contribution in [0.5, 0.6) is 11.5 Å². The van der Waals surface area contributed by atoms with E-state index in [1.165, 1.54) is 11.1 Å². The number of fused-ring (bicyclic) bond motifs is 1. The molecule has 0 saturated carbocycles. The van der Waals surface area contributed by atoms with Crippen LogP contribution in [-0.2, 0) is 28.7 Å². The van der Waals surface area contributed by atoms with Crippen molar-refractivity contribution in [3.8, 4) is 17.7 Å². The molecule has 0 fully saturated rings. The van der Waals surface area contributed by atoms with Crippen molar-refractivity contribution >= 4 is 5.96 Å². The second-order valence-electron chi connectivity index (χ2n) is 7.41. The molecule has 8 nitrogen and oxygen atoms in total. The summed E-state index contributed by atoms with van der Waals surface area (Å²) in [5.41, 5.74) is 3.78. The zero-order chi connectivity index (χ0) is 22.8. The van der Waals surface area contributed by atoms with Crippen molar-refractivity contribution in [2.45, 2.75) is 31.7 Å². The highest BCUT2D eigenvalue weighted by Gasteiger charge is 2.23. The predicted molar refractivity (Wildman–Crippen MR) is 122 cm³/mol. The van der Waals surface area contributed by atoms with Crippen LogP contribution in [0.25, 0.3) is 0 Å². The summed E-state index contributed by atoms with van der Waals surface area (Å²) < 4.78 is 22.1. The summed E-state index contributed by atoms with van der Waals surface area (Å²) in [5, 5.41) is 14.6. The van der Waals surface area contributed by atoms with E-state index in [9.17, 15) is 0 Å². The van der Waals surface area contributed by atoms with Crippen LogP contribution >= 0.6 is 0 Å². The van der Waals surface area contributed by atoms with Gasteiger partial charge >= 0.3 is 0 Å². The number of aliphatic imine (C=N–C) groups is 1. The molecule has 0 atom stereocenters. The monoisotopic (exact) mass is 438 g/mol. The molecule has 2 aromatic carbocycles. The third-order valence-electron chi connectivity index (χ3n) is 5.34. The van der Waals surface area contributed by atoms with Crippen LogP contribution in [0, 0.1) is 11.5 Å². The molecule has 3 rings (SSSR count). The van der Waals surface area contributed by atoms with Crippen LogP contribution in [0.15, 0.2) is 47.5 Å². The number of hydrogen-bond acceptors (Lipinski definition) is 6. The fourth-order valence-electron chi connectivity index (χ4n) is 3.68. The number of guanidine groups is 1. The molecule has 0 bridgehead atoms. The summed E-state index contributed by atoms with van der Waals surface area (Å²) in [4.78, 5) is 4.30. The Bertz CT molecular complexity index is 928. The van der Waals surface area contributed by atoms with Crippen molar-refractivity contribution in [3.63, 3.8) is 0 Å². The molecule has 2 aromatic rings. The molecule has 0 aromatic heterocycles. The van der Waals surface area contributed by atoms with E-state index in [2.05, 4.69) is 39.9 Å². The van der Waals surface area contributed by atoms with Gasteiger partial charge in [-0.25, -0.2) is 4.99 Å². The molecule has 0 heterocycles. The molecular formula is C24H30N4O4. The van der Waals surface area contributed by atoms with Gasteiger partial charge in [-0.05, 0) is 35.2 Å². The minimum atomic E-state index is -0.463. The first kappa shape index (κ1) is 23.4. The van der Waals surface area contributed by atoms with Crippen LogP contribution in [0.1, 0.15) is 16.7 Å². The van der Waals surface area contributed by atoms with Gasteiger partial charge in [-0.3, -0.25) is 5.32 Å². The summed E-state index contributed by atoms with van der Waals surface area (Å²) >= 11 is 0. The second-order valence-corrected chi connectivity index (χ2v) is 7.41. The van der Waals surface area contributed by atoms with Gasteiger partial charge in [0, 0.05) is 33.6 Å². The zero-order valence-electron chi connectivity index (χ0n) is 18.8. The molecule has 32 heavy (non-hydrogen) atoms. The largest absolute Gasteiger partial charge is 0.493 e. The number of nitriles is 1. The number of ether oxygens (including phenoxy) is 4. The van der Waals surface area contributed by atoms with Crippen molar-refractivity contribution in [2.24, 2.45) is 4.99 Å². The Morgan fingerprint density at radius 3 is 2.44 bits per heavy atom. The molecule has 0 saturated heterocycles. The van der Waals surface area contributed by atoms with Gasteiger partial charge in [0.25, 0.3) is 0 Å². The summed E-state index contributed by atoms with van der Waals surface area (Å²) in [7, 11) is 4.74. The minimum Gasteiger partial charge on any atom is -0.493 e. The minimum absolute atomic E-state index is 0.0998. The topological polar surface area (TPSA) is 97.1 Å². The van der Waals surface area contributed by atoms with E-state index in [1.54, 1.807) is 21.3 Å². The second kappa shape index (κ2) is 11.9. The van der Waals surface area contributed by atoms with E-state index in [0.717, 1.165) is 36.3 Å². The molecule has 1 aliphatic carbocycles. The zero-order valence-corrected chi connectivity index (χ0v) is 18.8. The van der Waals surface area contributed by atoms with Crippen LogP contribution in [0.2, 0.25) is 0 Å². The molecular weight excluding hydrogens is 408 g/mol. The van der Waals surface area contributed by atoms with Gasteiger partial charge in [-0.15, -0.1) is 0 Å². The highest BCUT2D eigenvalue weighted by atomic mass is 16.7. The van der Waals surface area contributed by atoms with Crippen molar-refractivity contribution in [1.29, 1.82) is 5.26 Å². The predicted octanol–water partition coefficient (Wildman–Crippen LogP) is 2.42. The van der Waals surface area contributed by atoms with Gasteiger partial charge in [0.1, 0.15) is 6.10 Å². The summed E-state index contributed by atoms with van der Waals surface area (Å²) in [6, 6.07) is 14.4. The summed E-state index contributed by atoms with van der Waals surface area (Å²) in [6.45, 7) is 0.854. The van der Waals surface area contributed by atoms with Crippen LogP contribution < -0.4 is 20.1 Å². The van der Waals surface area contributed by atoms with Crippen molar-refractivity contribution in [2.75, 3.05) is 34.4 Å². The SMILES string of the molecule is COc1ccc(CCNC(=NCC(OC)OC)NC#N)cc1OC1Cc2ccccc2C1. The van der Waals surface area contributed by atoms with E-state index < -0.39 is 6.29 Å². The molecule has 2 N–H and O–H groups in total. The van der Waals surface area contributed by atoms with Gasteiger partial charge in [0.05, 0.1) is 13.7 Å². The number of methoxy groups -OCH3 is 3. The van der Waals surface area contributed by atoms with Gasteiger partial charge in [0.15, 0.2) is 24.0 Å². The average molecular weight is 439 g/mol. The lowest BCUT2D eigenvalue weighted by Gasteiger charge is -2.17. The van der Waals surface area contributed by atoms with Crippen molar-refractivity contribution < 1.29 is 18.9 Å². The van der Waals surface area contributed by atoms with E-state index in [0.29, 0.717) is 12.5 Å². The molecule has 0 aliphatic heterocycles. The molecule has 1 aliphatic rings. The first-order valence-electron chi connectivity index (χ1n) is 10.6. The van der Waals surface area contributed by atoms with Gasteiger partial charge in [-0.1, -0.05) is 30.3 Å². The maximum atomic E-state index is 8.95. The molecule has 0 radical (unpaired) electrons. The summed E-state index contributed by atoms with van der Waals surface area (Å²) in [5.74, 6) is 1.84. The van der Waals surface area contributed by atoms with E-state index >= 15 is 0 Å². The highest BCUT2D eigenvalue weighted by Crippen LogP contribution is 2.32. The average Bonchev–Trinajstić information content (AvgIpc) is 3.22. The van der Waals surface area contributed by atoms with Gasteiger partial charge < -0.3 is 24.3 Å². The fraction of sp³-hybridized carbons (Fsp3) is 0.417. The third kappa shape index (κ3) is 6.36. The standard InChI is InChI=1S/C24H30N4O4/c1-29-21-9-8-17(10-11-26-24(28-16-25)27-15-23(30-2)31-3)12-22(21)32-20-13-18-6-4-5-7-19(18)14-20/h4-9,12,20,23H,10-11,13-15H2,1-3H3,(H2,26,27,28). The molecule has 0 unspecified atom stereocenters. The lowest BCUT2D eigenvalue weighted by atomic mass is 10.1. The first-order valence-corrected chi connectivity index (χ1v) is 10.6. The lowest BCUT2D eigenvalue weighted by Crippen LogP contribution is -2.36. The van der Waals surface area contributed by atoms with Crippen LogP contribution in [0.4, 0.5) is 0 Å². The maximum Gasteiger partial charge on any atom is 0.204 e. The van der Waals surface area contributed by atoms with Gasteiger partial charge in [0.2, 0.25) is 5.96 Å². The number of hydrogen-bond donors (Lipinski definition) is 2. The fourth-order valence-corrected chi connectivity index (χ4v) is 3.68. The number of benzene rings is 2. The number of nitrogens with one attached hydrogen (secondary N) is 2.